The molecule has 3 saturated heterocycles. The van der Waals surface area contributed by atoms with Crippen LogP contribution in [0.4, 0.5) is 11.8 Å². The second kappa shape index (κ2) is 12.2. The number of nitrogen functional groups attached to an aromatic ring is 2. The van der Waals surface area contributed by atoms with Crippen molar-refractivity contribution in [2.24, 2.45) is 0 Å². The first-order valence-corrected chi connectivity index (χ1v) is 16.9. The lowest BCUT2D eigenvalue weighted by Crippen LogP contribution is -2.38. The van der Waals surface area contributed by atoms with Crippen LogP contribution in [-0.2, 0) is 41.4 Å². The van der Waals surface area contributed by atoms with E-state index in [1.807, 2.05) is 0 Å². The number of aromatic amines is 1. The van der Waals surface area contributed by atoms with Crippen molar-refractivity contribution in [1.29, 1.82) is 0 Å². The van der Waals surface area contributed by atoms with Gasteiger partial charge in [-0.1, -0.05) is 5.92 Å². The largest absolute Gasteiger partial charge is 0.472 e. The number of aliphatic hydroxyl groups excluding tert-OH is 1. The number of phosphoric ester groups is 2. The Kier molecular flexibility index (Phi) is 8.31. The third-order valence-corrected chi connectivity index (χ3v) is 9.63. The van der Waals surface area contributed by atoms with Gasteiger partial charge in [-0.05, 0) is 0 Å². The summed E-state index contributed by atoms with van der Waals surface area (Å²) in [5.41, 5.74) is 11.0. The Morgan fingerprint density at radius 1 is 0.958 bits per heavy atom. The zero-order valence-electron chi connectivity index (χ0n) is 24.2. The van der Waals surface area contributed by atoms with Gasteiger partial charge in [0, 0.05) is 0 Å². The molecule has 256 valence electrons. The highest BCUT2D eigenvalue weighted by Crippen LogP contribution is 2.54. The Labute approximate surface area is 267 Å². The Morgan fingerprint density at radius 3 is 2.33 bits per heavy atom. The fourth-order valence-corrected chi connectivity index (χ4v) is 7.49. The standard InChI is InChI=1S/C23H26N10O13P2/c1-2-3-40-16-14-10(44-22(16)32-7-28-11-17(24)26-6-27-18(11)32)5-42-48(38,39)46-15-13(34)9(4-41-47(36,37)45-14)43-21(15)33-8-29-12-19(33)30-23(25)31-20(12)35/h1,6-10,13-16,21-22,34H,3-5H2,(H,36,37)(H,38,39)(H2,24,26,27)(H3,25,30,31,35)/t9-,10-,13+,14?,15?,16+,21-,22-/m1/s1. The van der Waals surface area contributed by atoms with Crippen molar-refractivity contribution in [1.82, 2.24) is 39.0 Å². The molecule has 8 N–H and O–H groups in total. The lowest BCUT2D eigenvalue weighted by Gasteiger charge is -2.27. The average molecular weight is 712 g/mol. The molecule has 4 unspecified atom stereocenters. The van der Waals surface area contributed by atoms with Gasteiger partial charge in [0.05, 0.1) is 25.9 Å². The monoisotopic (exact) mass is 712 g/mol. The molecule has 4 aromatic rings. The first kappa shape index (κ1) is 32.7. The molecular formula is C23H26N10O13P2. The van der Waals surface area contributed by atoms with Gasteiger partial charge < -0.3 is 40.6 Å². The summed E-state index contributed by atoms with van der Waals surface area (Å²) < 4.78 is 68.3. The molecule has 3 aliphatic rings. The molecule has 0 aromatic carbocycles. The van der Waals surface area contributed by atoms with E-state index in [1.165, 1.54) is 17.2 Å². The van der Waals surface area contributed by atoms with E-state index in [9.17, 15) is 28.8 Å². The minimum Gasteiger partial charge on any atom is -0.387 e. The predicted octanol–water partition coefficient (Wildman–Crippen LogP) is -1.68. The Hall–Kier alpha value is -3.88. The zero-order chi connectivity index (χ0) is 34.0. The van der Waals surface area contributed by atoms with Crippen LogP contribution in [0.15, 0.2) is 23.8 Å². The van der Waals surface area contributed by atoms with Crippen LogP contribution in [0, 0.1) is 12.3 Å². The number of anilines is 2. The molecule has 0 radical (unpaired) electrons. The third kappa shape index (κ3) is 5.87. The molecule has 4 aromatic heterocycles. The maximum atomic E-state index is 13.4. The number of rotatable bonds is 4. The number of nitrogens with two attached hydrogens (primary N) is 2. The van der Waals surface area contributed by atoms with Gasteiger partial charge in [0.2, 0.25) is 5.95 Å². The zero-order valence-corrected chi connectivity index (χ0v) is 25.9. The van der Waals surface area contributed by atoms with Crippen LogP contribution in [0.3, 0.4) is 0 Å². The minimum atomic E-state index is -5.13. The van der Waals surface area contributed by atoms with E-state index in [0.717, 1.165) is 10.9 Å². The maximum absolute atomic E-state index is 13.4. The summed E-state index contributed by atoms with van der Waals surface area (Å²) in [5.74, 6) is 2.06. The fourth-order valence-electron chi connectivity index (χ4n) is 5.60. The second-order valence-corrected chi connectivity index (χ2v) is 13.4. The first-order valence-electron chi connectivity index (χ1n) is 13.9. The SMILES string of the molecule is C#CCO[C@H]1C2OP(=O)(O)OC[C@H]3O[C@@H](n4cnc5c(=O)[nH]c(N)nc54)C(OP(=O)(O)OC[C@H]2O[C@H]1n1cnc2c(N)ncnc21)[C@H]3O. The van der Waals surface area contributed by atoms with Crippen LogP contribution >= 0.6 is 15.6 Å². The van der Waals surface area contributed by atoms with E-state index in [-0.39, 0.29) is 40.7 Å². The number of phosphoric acid groups is 2. The highest BCUT2D eigenvalue weighted by molar-refractivity contribution is 7.47. The molecule has 7 rings (SSSR count). The molecule has 7 heterocycles. The van der Waals surface area contributed by atoms with Crippen LogP contribution in [0.5, 0.6) is 0 Å². The van der Waals surface area contributed by atoms with Crippen LogP contribution in [0.1, 0.15) is 12.5 Å². The highest BCUT2D eigenvalue weighted by Gasteiger charge is 2.54. The molecule has 0 saturated carbocycles. The van der Waals surface area contributed by atoms with Crippen molar-refractivity contribution in [2.45, 2.75) is 49.1 Å². The second-order valence-electron chi connectivity index (χ2n) is 10.6. The molecule has 3 fully saturated rings. The summed E-state index contributed by atoms with van der Waals surface area (Å²) in [4.78, 5) is 56.5. The maximum Gasteiger partial charge on any atom is 0.472 e. The fraction of sp³-hybridized carbons (Fsp3) is 0.478. The number of terminal acetylenes is 1. The molecule has 0 amide bonds. The molecule has 0 aliphatic carbocycles. The van der Waals surface area contributed by atoms with E-state index in [0.29, 0.717) is 0 Å². The lowest BCUT2D eigenvalue weighted by molar-refractivity contribution is -0.0682. The van der Waals surface area contributed by atoms with Crippen molar-refractivity contribution >= 4 is 49.7 Å². The van der Waals surface area contributed by atoms with Crippen molar-refractivity contribution < 1.29 is 56.3 Å². The summed E-state index contributed by atoms with van der Waals surface area (Å²) in [6.45, 7) is -1.92. The van der Waals surface area contributed by atoms with Gasteiger partial charge in [-0.15, -0.1) is 6.42 Å². The number of fused-ring (bicyclic) bond motifs is 5. The van der Waals surface area contributed by atoms with Gasteiger partial charge in [0.25, 0.3) is 5.56 Å². The topological polar surface area (TPSA) is 319 Å². The highest BCUT2D eigenvalue weighted by atomic mass is 31.2. The number of aliphatic hydroxyl groups is 1. The quantitative estimate of drug-likeness (QED) is 0.102. The van der Waals surface area contributed by atoms with Crippen molar-refractivity contribution in [3.63, 3.8) is 0 Å². The average Bonchev–Trinajstić information content (AvgIpc) is 3.79. The van der Waals surface area contributed by atoms with Gasteiger partial charge in [-0.25, -0.2) is 29.1 Å². The molecule has 10 atom stereocenters. The normalized spacial score (nSPS) is 35.9. The number of nitrogens with one attached hydrogen (secondary N) is 1. The summed E-state index contributed by atoms with van der Waals surface area (Å²) in [5, 5.41) is 11.1. The Balaban J connectivity index is 1.23. The lowest BCUT2D eigenvalue weighted by atomic mass is 10.1. The molecular weight excluding hydrogens is 686 g/mol. The van der Waals surface area contributed by atoms with E-state index in [4.69, 9.17) is 50.2 Å². The number of hydrogen-bond acceptors (Lipinski definition) is 18. The van der Waals surface area contributed by atoms with E-state index in [2.05, 4.69) is 35.8 Å². The van der Waals surface area contributed by atoms with Crippen LogP contribution in [0.2, 0.25) is 0 Å². The summed E-state index contributed by atoms with van der Waals surface area (Å²) in [7, 11) is -10.2. The molecule has 25 heteroatoms. The van der Waals surface area contributed by atoms with Gasteiger partial charge in [0.15, 0.2) is 35.1 Å². The molecule has 3 aliphatic heterocycles. The number of imidazole rings is 2. The summed E-state index contributed by atoms with van der Waals surface area (Å²) >= 11 is 0. The summed E-state index contributed by atoms with van der Waals surface area (Å²) in [6, 6.07) is 0. The number of hydrogen-bond donors (Lipinski definition) is 6. The Bertz CT molecular complexity index is 2070. The van der Waals surface area contributed by atoms with Gasteiger partial charge in [0.1, 0.15) is 55.1 Å². The third-order valence-electron chi connectivity index (χ3n) is 7.66. The number of ether oxygens (including phenoxy) is 3. The van der Waals surface area contributed by atoms with Crippen molar-refractivity contribution in [3.05, 3.63) is 29.3 Å². The van der Waals surface area contributed by atoms with Crippen LogP contribution < -0.4 is 17.0 Å². The van der Waals surface area contributed by atoms with Crippen molar-refractivity contribution in [3.8, 4) is 12.3 Å². The van der Waals surface area contributed by atoms with Crippen LogP contribution in [0.25, 0.3) is 22.3 Å². The van der Waals surface area contributed by atoms with Gasteiger partial charge >= 0.3 is 15.6 Å². The molecule has 0 spiro atoms. The van der Waals surface area contributed by atoms with Crippen molar-refractivity contribution in [2.75, 3.05) is 31.3 Å². The Morgan fingerprint density at radius 2 is 1.60 bits per heavy atom. The van der Waals surface area contributed by atoms with E-state index < -0.39 is 83.5 Å². The molecule has 48 heavy (non-hydrogen) atoms. The molecule has 23 nitrogen and oxygen atoms in total. The van der Waals surface area contributed by atoms with Crippen LogP contribution in [-0.4, -0.2) is 110 Å². The smallest absolute Gasteiger partial charge is 0.387 e. The first-order chi connectivity index (χ1) is 22.9. The summed E-state index contributed by atoms with van der Waals surface area (Å²) in [6.07, 6.45) is -2.90. The van der Waals surface area contributed by atoms with E-state index in [1.54, 1.807) is 0 Å². The molecule has 2 bridgehead atoms. The number of H-pyrrole nitrogens is 1. The minimum absolute atomic E-state index is 0.0543. The van der Waals surface area contributed by atoms with Gasteiger partial charge in [-0.3, -0.25) is 37.0 Å². The predicted molar refractivity (Wildman–Crippen MR) is 156 cm³/mol. The number of aromatic nitrogens is 8. The van der Waals surface area contributed by atoms with E-state index >= 15 is 0 Å². The number of nitrogens with zero attached hydrogens (tertiary/aromatic N) is 7. The van der Waals surface area contributed by atoms with Gasteiger partial charge in [-0.2, -0.15) is 4.98 Å².